The third kappa shape index (κ3) is 3.95. The summed E-state index contributed by atoms with van der Waals surface area (Å²) >= 11 is 0. The summed E-state index contributed by atoms with van der Waals surface area (Å²) in [5, 5.41) is 0. The van der Waals surface area contributed by atoms with Gasteiger partial charge in [0.1, 0.15) is 0 Å². The van der Waals surface area contributed by atoms with Gasteiger partial charge < -0.3 is 10.6 Å². The molecule has 0 spiro atoms. The Morgan fingerprint density at radius 1 is 1.25 bits per heavy atom. The Morgan fingerprint density at radius 3 is 2.06 bits per heavy atom. The van der Waals surface area contributed by atoms with Gasteiger partial charge in [0.05, 0.1) is 6.04 Å². The van der Waals surface area contributed by atoms with Crippen LogP contribution in [0.2, 0.25) is 0 Å². The van der Waals surface area contributed by atoms with Gasteiger partial charge in [-0.1, -0.05) is 27.7 Å². The summed E-state index contributed by atoms with van der Waals surface area (Å²) in [6.07, 6.45) is 2.17. The number of nitrogens with two attached hydrogens (primary N) is 1. The molecule has 0 aromatic carbocycles. The smallest absolute Gasteiger partial charge is 0.239 e. The Labute approximate surface area is 105 Å². The first-order chi connectivity index (χ1) is 6.83. The van der Waals surface area contributed by atoms with E-state index in [4.69, 9.17) is 5.73 Å². The number of amides is 1. The lowest BCUT2D eigenvalue weighted by Gasteiger charge is -2.38. The standard InChI is InChI=1S/C12H24N2O.ClH/c1-9(2)10(13)11(15)14-7-5-12(3,4)6-8-14;/h9-10H,5-8,13H2,1-4H3;1H/t10-;/m1./s1. The summed E-state index contributed by atoms with van der Waals surface area (Å²) in [5.74, 6) is 0.355. The van der Waals surface area contributed by atoms with Crippen molar-refractivity contribution in [3.8, 4) is 0 Å². The molecule has 2 N–H and O–H groups in total. The molecule has 1 heterocycles. The number of piperidine rings is 1. The van der Waals surface area contributed by atoms with Gasteiger partial charge in [-0.05, 0) is 24.2 Å². The summed E-state index contributed by atoms with van der Waals surface area (Å²) in [4.78, 5) is 13.9. The molecule has 1 aliphatic rings. The molecule has 1 fully saturated rings. The number of likely N-dealkylation sites (tertiary alicyclic amines) is 1. The van der Waals surface area contributed by atoms with E-state index < -0.39 is 0 Å². The van der Waals surface area contributed by atoms with Gasteiger partial charge in [-0.2, -0.15) is 0 Å². The first kappa shape index (κ1) is 15.7. The first-order valence-corrected chi connectivity index (χ1v) is 5.88. The predicted molar refractivity (Wildman–Crippen MR) is 69.7 cm³/mol. The fourth-order valence-corrected chi connectivity index (χ4v) is 1.83. The van der Waals surface area contributed by atoms with Crippen molar-refractivity contribution in [2.24, 2.45) is 17.1 Å². The number of hydrogen-bond acceptors (Lipinski definition) is 2. The van der Waals surface area contributed by atoms with Gasteiger partial charge in [-0.15, -0.1) is 12.4 Å². The molecule has 1 saturated heterocycles. The Kier molecular flexibility index (Phi) is 5.77. The maximum absolute atomic E-state index is 12.0. The maximum atomic E-state index is 12.0. The van der Waals surface area contributed by atoms with Crippen LogP contribution in [-0.4, -0.2) is 29.9 Å². The SMILES string of the molecule is CC(C)[C@@H](N)C(=O)N1CCC(C)(C)CC1.Cl. The molecule has 1 amide bonds. The summed E-state index contributed by atoms with van der Waals surface area (Å²) in [5.41, 5.74) is 6.25. The van der Waals surface area contributed by atoms with E-state index in [1.165, 1.54) is 0 Å². The van der Waals surface area contributed by atoms with Crippen molar-refractivity contribution >= 4 is 18.3 Å². The zero-order valence-electron chi connectivity index (χ0n) is 10.8. The Bertz CT molecular complexity index is 231. The third-order valence-corrected chi connectivity index (χ3v) is 3.43. The van der Waals surface area contributed by atoms with Gasteiger partial charge in [-0.25, -0.2) is 0 Å². The number of hydrogen-bond donors (Lipinski definition) is 1. The Balaban J connectivity index is 0.00000225. The van der Waals surface area contributed by atoms with E-state index in [9.17, 15) is 4.79 Å². The van der Waals surface area contributed by atoms with Crippen LogP contribution in [0.4, 0.5) is 0 Å². The van der Waals surface area contributed by atoms with Crippen LogP contribution in [0.3, 0.4) is 0 Å². The molecule has 0 aliphatic carbocycles. The lowest BCUT2D eigenvalue weighted by molar-refractivity contribution is -0.135. The van der Waals surface area contributed by atoms with E-state index in [1.807, 2.05) is 18.7 Å². The second-order valence-corrected chi connectivity index (χ2v) is 5.76. The predicted octanol–water partition coefficient (Wildman–Crippen LogP) is 2.04. The van der Waals surface area contributed by atoms with Crippen molar-refractivity contribution in [3.05, 3.63) is 0 Å². The highest BCUT2D eigenvalue weighted by molar-refractivity contribution is 5.85. The number of rotatable bonds is 2. The molecule has 1 aliphatic heterocycles. The molecule has 96 valence electrons. The molecule has 0 aromatic heterocycles. The Morgan fingerprint density at radius 2 is 1.69 bits per heavy atom. The van der Waals surface area contributed by atoms with Crippen molar-refractivity contribution in [1.82, 2.24) is 4.90 Å². The van der Waals surface area contributed by atoms with Crippen LogP contribution in [0.15, 0.2) is 0 Å². The van der Waals surface area contributed by atoms with Gasteiger partial charge in [0.2, 0.25) is 5.91 Å². The molecule has 0 aromatic rings. The highest BCUT2D eigenvalue weighted by Crippen LogP contribution is 2.29. The minimum absolute atomic E-state index is 0. The van der Waals surface area contributed by atoms with E-state index in [0.717, 1.165) is 25.9 Å². The van der Waals surface area contributed by atoms with E-state index in [0.29, 0.717) is 5.41 Å². The highest BCUT2D eigenvalue weighted by atomic mass is 35.5. The van der Waals surface area contributed by atoms with Gasteiger partial charge in [-0.3, -0.25) is 4.79 Å². The topological polar surface area (TPSA) is 46.3 Å². The quantitative estimate of drug-likeness (QED) is 0.813. The minimum Gasteiger partial charge on any atom is -0.341 e. The minimum atomic E-state index is -0.328. The van der Waals surface area contributed by atoms with E-state index in [2.05, 4.69) is 13.8 Å². The molecular weight excluding hydrogens is 224 g/mol. The van der Waals surface area contributed by atoms with Crippen LogP contribution in [0.25, 0.3) is 0 Å². The fraction of sp³-hybridized carbons (Fsp3) is 0.917. The molecule has 16 heavy (non-hydrogen) atoms. The van der Waals surface area contributed by atoms with E-state index >= 15 is 0 Å². The Hall–Kier alpha value is -0.280. The zero-order chi connectivity index (χ0) is 11.6. The van der Waals surface area contributed by atoms with E-state index in [-0.39, 0.29) is 30.3 Å². The van der Waals surface area contributed by atoms with Gasteiger partial charge in [0.25, 0.3) is 0 Å². The summed E-state index contributed by atoms with van der Waals surface area (Å²) < 4.78 is 0. The summed E-state index contributed by atoms with van der Waals surface area (Å²) in [7, 11) is 0. The van der Waals surface area contributed by atoms with Crippen molar-refractivity contribution in [3.63, 3.8) is 0 Å². The molecular formula is C12H25ClN2O. The van der Waals surface area contributed by atoms with Crippen molar-refractivity contribution in [2.45, 2.75) is 46.6 Å². The van der Waals surface area contributed by atoms with Crippen LogP contribution in [-0.2, 0) is 4.79 Å². The van der Waals surface area contributed by atoms with Gasteiger partial charge in [0, 0.05) is 13.1 Å². The summed E-state index contributed by atoms with van der Waals surface area (Å²) in [6, 6.07) is -0.328. The van der Waals surface area contributed by atoms with Crippen molar-refractivity contribution in [1.29, 1.82) is 0 Å². The van der Waals surface area contributed by atoms with Crippen LogP contribution >= 0.6 is 12.4 Å². The average molecular weight is 249 g/mol. The van der Waals surface area contributed by atoms with Crippen LogP contribution in [0.5, 0.6) is 0 Å². The molecule has 3 nitrogen and oxygen atoms in total. The largest absolute Gasteiger partial charge is 0.341 e. The average Bonchev–Trinajstić information content (AvgIpc) is 2.15. The van der Waals surface area contributed by atoms with Gasteiger partial charge >= 0.3 is 0 Å². The third-order valence-electron chi connectivity index (χ3n) is 3.43. The fourth-order valence-electron chi connectivity index (χ4n) is 1.83. The molecule has 0 bridgehead atoms. The first-order valence-electron chi connectivity index (χ1n) is 5.88. The molecule has 1 rings (SSSR count). The monoisotopic (exact) mass is 248 g/mol. The number of carbonyl (C=O) groups is 1. The van der Waals surface area contributed by atoms with Crippen LogP contribution in [0.1, 0.15) is 40.5 Å². The van der Waals surface area contributed by atoms with Crippen LogP contribution < -0.4 is 5.73 Å². The van der Waals surface area contributed by atoms with Crippen LogP contribution in [0, 0.1) is 11.3 Å². The lowest BCUT2D eigenvalue weighted by atomic mass is 9.82. The molecule has 0 unspecified atom stereocenters. The zero-order valence-corrected chi connectivity index (χ0v) is 11.6. The van der Waals surface area contributed by atoms with E-state index in [1.54, 1.807) is 0 Å². The molecule has 4 heteroatoms. The van der Waals surface area contributed by atoms with Crippen molar-refractivity contribution < 1.29 is 4.79 Å². The number of nitrogens with zero attached hydrogens (tertiary/aromatic N) is 1. The normalized spacial score (nSPS) is 21.5. The van der Waals surface area contributed by atoms with Gasteiger partial charge in [0.15, 0.2) is 0 Å². The maximum Gasteiger partial charge on any atom is 0.239 e. The lowest BCUT2D eigenvalue weighted by Crippen LogP contribution is -2.50. The molecule has 1 atom stereocenters. The van der Waals surface area contributed by atoms with Crippen molar-refractivity contribution in [2.75, 3.05) is 13.1 Å². The highest BCUT2D eigenvalue weighted by Gasteiger charge is 2.30. The molecule has 0 saturated carbocycles. The molecule has 0 radical (unpaired) electrons. The number of halogens is 1. The second-order valence-electron chi connectivity index (χ2n) is 5.76. The summed E-state index contributed by atoms with van der Waals surface area (Å²) in [6.45, 7) is 10.2. The number of carbonyl (C=O) groups excluding carboxylic acids is 1. The second kappa shape index (κ2) is 5.87.